The molecule has 2 aromatic carbocycles. The zero-order valence-corrected chi connectivity index (χ0v) is 15.6. The third kappa shape index (κ3) is 3.52. The highest BCUT2D eigenvalue weighted by atomic mass is 19.4. The van der Waals surface area contributed by atoms with Crippen LogP contribution in [-0.4, -0.2) is 37.5 Å². The van der Waals surface area contributed by atoms with Gasteiger partial charge in [0, 0.05) is 37.4 Å². The number of carbonyl (C=O) groups is 1. The predicted molar refractivity (Wildman–Crippen MR) is 101 cm³/mol. The fourth-order valence-electron chi connectivity index (χ4n) is 4.11. The molecule has 1 amide bonds. The number of anilines is 1. The van der Waals surface area contributed by atoms with E-state index in [9.17, 15) is 18.0 Å². The number of carbonyl (C=O) groups excluding carboxylic acids is 1. The Morgan fingerprint density at radius 1 is 1.14 bits per heavy atom. The van der Waals surface area contributed by atoms with Crippen molar-refractivity contribution in [3.8, 4) is 0 Å². The molecular formula is C21H22F3N3O. The minimum atomic E-state index is -4.49. The van der Waals surface area contributed by atoms with E-state index in [1.54, 1.807) is 30.3 Å². The van der Waals surface area contributed by atoms with Gasteiger partial charge < -0.3 is 10.2 Å². The zero-order chi connectivity index (χ0) is 19.9. The second kappa shape index (κ2) is 7.22. The lowest BCUT2D eigenvalue weighted by atomic mass is 9.96. The van der Waals surface area contributed by atoms with Gasteiger partial charge in [0.15, 0.2) is 0 Å². The Morgan fingerprint density at radius 3 is 2.50 bits per heavy atom. The Labute approximate surface area is 161 Å². The second-order valence-electron chi connectivity index (χ2n) is 7.51. The van der Waals surface area contributed by atoms with Crippen molar-refractivity contribution in [1.29, 1.82) is 0 Å². The second-order valence-corrected chi connectivity index (χ2v) is 7.51. The van der Waals surface area contributed by atoms with Crippen molar-refractivity contribution in [2.24, 2.45) is 5.92 Å². The number of nitrogens with one attached hydrogen (secondary N) is 1. The maximum Gasteiger partial charge on any atom is 0.416 e. The lowest BCUT2D eigenvalue weighted by Gasteiger charge is -2.39. The molecule has 7 heteroatoms. The van der Waals surface area contributed by atoms with E-state index in [1.807, 2.05) is 13.1 Å². The molecule has 4 rings (SSSR count). The van der Waals surface area contributed by atoms with Crippen molar-refractivity contribution < 1.29 is 18.0 Å². The van der Waals surface area contributed by atoms with E-state index in [0.29, 0.717) is 23.7 Å². The number of alkyl halides is 3. The van der Waals surface area contributed by atoms with Crippen molar-refractivity contribution in [2.75, 3.05) is 31.6 Å². The number of likely N-dealkylation sites (tertiary alicyclic amines) is 1. The van der Waals surface area contributed by atoms with E-state index in [0.717, 1.165) is 19.6 Å². The van der Waals surface area contributed by atoms with Crippen LogP contribution in [-0.2, 0) is 19.3 Å². The molecule has 2 aliphatic rings. The number of fused-ring (bicyclic) bond motifs is 1. The number of para-hydroxylation sites is 1. The largest absolute Gasteiger partial charge is 0.416 e. The first-order valence-corrected chi connectivity index (χ1v) is 9.33. The molecule has 1 saturated heterocycles. The molecule has 0 radical (unpaired) electrons. The molecular weight excluding hydrogens is 367 g/mol. The molecule has 0 aliphatic carbocycles. The highest BCUT2D eigenvalue weighted by molar-refractivity contribution is 6.10. The third-order valence-electron chi connectivity index (χ3n) is 5.41. The number of benzene rings is 2. The van der Waals surface area contributed by atoms with Gasteiger partial charge in [-0.25, -0.2) is 0 Å². The average Bonchev–Trinajstić information content (AvgIpc) is 2.96. The van der Waals surface area contributed by atoms with Gasteiger partial charge in [-0.3, -0.25) is 9.69 Å². The summed E-state index contributed by atoms with van der Waals surface area (Å²) < 4.78 is 41.2. The van der Waals surface area contributed by atoms with E-state index >= 15 is 0 Å². The molecule has 0 unspecified atom stereocenters. The van der Waals surface area contributed by atoms with Gasteiger partial charge in [-0.1, -0.05) is 18.2 Å². The Balaban J connectivity index is 1.63. The first-order valence-electron chi connectivity index (χ1n) is 9.33. The Hall–Kier alpha value is -2.38. The summed E-state index contributed by atoms with van der Waals surface area (Å²) >= 11 is 0. The number of nitrogens with zero attached hydrogens (tertiary/aromatic N) is 2. The first-order chi connectivity index (χ1) is 13.4. The molecule has 0 bridgehead atoms. The summed E-state index contributed by atoms with van der Waals surface area (Å²) in [5, 5.41) is 3.12. The Kier molecular flexibility index (Phi) is 4.89. The van der Waals surface area contributed by atoms with Crippen LogP contribution in [0.4, 0.5) is 18.9 Å². The molecule has 0 saturated carbocycles. The predicted octanol–water partition coefficient (Wildman–Crippen LogP) is 3.52. The highest BCUT2D eigenvalue weighted by Crippen LogP contribution is 2.39. The van der Waals surface area contributed by atoms with Crippen LogP contribution < -0.4 is 10.2 Å². The summed E-state index contributed by atoms with van der Waals surface area (Å²) in [6, 6.07) is 11.7. The summed E-state index contributed by atoms with van der Waals surface area (Å²) in [5.74, 6) is 0.155. The summed E-state index contributed by atoms with van der Waals surface area (Å²) in [5.41, 5.74) is 0.690. The molecule has 1 N–H and O–H groups in total. The molecule has 4 nitrogen and oxygen atoms in total. The van der Waals surface area contributed by atoms with Gasteiger partial charge in [-0.2, -0.15) is 13.2 Å². The lowest BCUT2D eigenvalue weighted by molar-refractivity contribution is -0.138. The summed E-state index contributed by atoms with van der Waals surface area (Å²) in [7, 11) is 1.89. The molecule has 0 spiro atoms. The van der Waals surface area contributed by atoms with Crippen molar-refractivity contribution >= 4 is 11.6 Å². The maximum atomic E-state index is 13.7. The summed E-state index contributed by atoms with van der Waals surface area (Å²) in [6.45, 7) is 2.97. The minimum Gasteiger partial charge on any atom is -0.319 e. The van der Waals surface area contributed by atoms with Crippen LogP contribution in [0.3, 0.4) is 0 Å². The minimum absolute atomic E-state index is 0.0543. The molecule has 2 aromatic rings. The van der Waals surface area contributed by atoms with Gasteiger partial charge in [0.2, 0.25) is 0 Å². The smallest absolute Gasteiger partial charge is 0.319 e. The summed E-state index contributed by atoms with van der Waals surface area (Å²) in [6.07, 6.45) is -4.49. The molecule has 0 atom stereocenters. The fourth-order valence-corrected chi connectivity index (χ4v) is 4.11. The lowest BCUT2D eigenvalue weighted by Crippen LogP contribution is -2.49. The van der Waals surface area contributed by atoms with Gasteiger partial charge in [0.05, 0.1) is 12.1 Å². The van der Waals surface area contributed by atoms with E-state index < -0.39 is 11.7 Å². The molecule has 148 valence electrons. The number of halogens is 3. The molecule has 1 fully saturated rings. The van der Waals surface area contributed by atoms with Crippen LogP contribution in [0.25, 0.3) is 0 Å². The molecule has 0 aromatic heterocycles. The van der Waals surface area contributed by atoms with Gasteiger partial charge in [0.1, 0.15) is 0 Å². The topological polar surface area (TPSA) is 35.6 Å². The van der Waals surface area contributed by atoms with Gasteiger partial charge >= 0.3 is 6.18 Å². The van der Waals surface area contributed by atoms with Crippen LogP contribution in [0.5, 0.6) is 0 Å². The van der Waals surface area contributed by atoms with Gasteiger partial charge in [-0.05, 0) is 48.4 Å². The van der Waals surface area contributed by atoms with Gasteiger partial charge in [-0.15, -0.1) is 0 Å². The Bertz CT molecular complexity index is 876. The zero-order valence-electron chi connectivity index (χ0n) is 15.6. The van der Waals surface area contributed by atoms with Crippen LogP contribution in [0.15, 0.2) is 42.5 Å². The third-order valence-corrected chi connectivity index (χ3v) is 5.41. The van der Waals surface area contributed by atoms with Crippen LogP contribution in [0, 0.1) is 5.92 Å². The first kappa shape index (κ1) is 19.0. The van der Waals surface area contributed by atoms with Crippen LogP contribution in [0.2, 0.25) is 0 Å². The van der Waals surface area contributed by atoms with Crippen molar-refractivity contribution in [3.05, 3.63) is 64.7 Å². The number of hydrogen-bond acceptors (Lipinski definition) is 3. The van der Waals surface area contributed by atoms with Crippen LogP contribution in [0.1, 0.15) is 27.0 Å². The Morgan fingerprint density at radius 2 is 1.86 bits per heavy atom. The quantitative estimate of drug-likeness (QED) is 0.850. The molecule has 28 heavy (non-hydrogen) atoms. The molecule has 2 aliphatic heterocycles. The van der Waals surface area contributed by atoms with Crippen molar-refractivity contribution in [2.45, 2.75) is 19.3 Å². The van der Waals surface area contributed by atoms with E-state index in [4.69, 9.17) is 0 Å². The maximum absolute atomic E-state index is 13.7. The standard InChI is InChI=1S/C21H22F3N3O/c1-25-9-15-11-26(12-15)10-14-7-17-18(19(8-14)21(22,23)24)13-27(20(17)28)16-5-3-2-4-6-16/h2-8,15,25H,9-13H2,1H3. The molecule has 2 heterocycles. The van der Waals surface area contributed by atoms with E-state index in [1.165, 1.54) is 11.0 Å². The highest BCUT2D eigenvalue weighted by Gasteiger charge is 2.40. The average molecular weight is 389 g/mol. The monoisotopic (exact) mass is 389 g/mol. The number of amides is 1. The number of rotatable bonds is 5. The van der Waals surface area contributed by atoms with Crippen molar-refractivity contribution in [1.82, 2.24) is 10.2 Å². The number of hydrogen-bond donors (Lipinski definition) is 1. The SMILES string of the molecule is CNCC1CN(Cc2cc3c(c(C(F)(F)F)c2)CN(c2ccccc2)C3=O)C1. The summed E-state index contributed by atoms with van der Waals surface area (Å²) in [4.78, 5) is 16.4. The normalized spacial score (nSPS) is 17.7. The van der Waals surface area contributed by atoms with Crippen molar-refractivity contribution in [3.63, 3.8) is 0 Å². The van der Waals surface area contributed by atoms with Gasteiger partial charge in [0.25, 0.3) is 5.91 Å². The fraction of sp³-hybridized carbons (Fsp3) is 0.381. The van der Waals surface area contributed by atoms with E-state index in [2.05, 4.69) is 10.2 Å². The van der Waals surface area contributed by atoms with Crippen LogP contribution >= 0.6 is 0 Å². The van der Waals surface area contributed by atoms with E-state index in [-0.39, 0.29) is 23.6 Å².